The largest absolute Gasteiger partial charge is 0.490 e. The fourth-order valence-electron chi connectivity index (χ4n) is 3.94. The number of amides is 1. The lowest BCUT2D eigenvalue weighted by Gasteiger charge is -2.27. The van der Waals surface area contributed by atoms with Gasteiger partial charge in [-0.1, -0.05) is 6.92 Å². The number of hydrogen-bond donors (Lipinski definition) is 2. The summed E-state index contributed by atoms with van der Waals surface area (Å²) >= 11 is 1.75. The average molecular weight is 550 g/mol. The van der Waals surface area contributed by atoms with Gasteiger partial charge in [0.1, 0.15) is 0 Å². The van der Waals surface area contributed by atoms with Crippen LogP contribution < -0.4 is 0 Å². The summed E-state index contributed by atoms with van der Waals surface area (Å²) in [4.78, 5) is 37.5. The molecule has 0 radical (unpaired) electrons. The van der Waals surface area contributed by atoms with Gasteiger partial charge in [-0.05, 0) is 48.8 Å². The third-order valence-electron chi connectivity index (χ3n) is 5.81. The van der Waals surface area contributed by atoms with E-state index in [1.54, 1.807) is 11.3 Å². The predicted octanol–water partition coefficient (Wildman–Crippen LogP) is 3.25. The Bertz CT molecular complexity index is 854. The highest BCUT2D eigenvalue weighted by Crippen LogP contribution is 2.45. The van der Waals surface area contributed by atoms with Gasteiger partial charge >= 0.3 is 24.3 Å². The number of thiophene rings is 1. The van der Waals surface area contributed by atoms with Crippen molar-refractivity contribution in [2.45, 2.75) is 32.2 Å². The Kier molecular flexibility index (Phi) is 11.2. The Hall–Kier alpha value is -2.39. The van der Waals surface area contributed by atoms with Crippen LogP contribution in [0.25, 0.3) is 0 Å². The summed E-state index contributed by atoms with van der Waals surface area (Å²) < 4.78 is 63.5. The molecule has 0 aromatic carbocycles. The summed E-state index contributed by atoms with van der Waals surface area (Å²) in [7, 11) is 4.13. The monoisotopic (exact) mass is 549 g/mol. The van der Waals surface area contributed by atoms with Crippen LogP contribution in [0.15, 0.2) is 16.8 Å². The Balaban J connectivity index is 0.000000383. The number of hydrogen-bond acceptors (Lipinski definition) is 6. The molecule has 0 bridgehead atoms. The normalized spacial score (nSPS) is 22.3. The molecule has 206 valence electrons. The topological polar surface area (TPSA) is 101 Å². The number of carbonyl (C=O) groups is 3. The lowest BCUT2D eigenvalue weighted by atomic mass is 9.78. The van der Waals surface area contributed by atoms with Crippen LogP contribution >= 0.6 is 11.3 Å². The molecule has 36 heavy (non-hydrogen) atoms. The lowest BCUT2D eigenvalue weighted by molar-refractivity contribution is -0.193. The minimum absolute atomic E-state index is 0.123. The molecule has 2 N–H and O–H groups in total. The van der Waals surface area contributed by atoms with Gasteiger partial charge in [0.05, 0.1) is 5.41 Å². The van der Waals surface area contributed by atoms with Crippen molar-refractivity contribution in [2.24, 2.45) is 11.3 Å². The van der Waals surface area contributed by atoms with Crippen LogP contribution in [0, 0.1) is 11.3 Å². The molecule has 1 spiro atoms. The maximum absolute atomic E-state index is 13.0. The molecule has 15 heteroatoms. The number of nitrogens with zero attached hydrogens (tertiary/aromatic N) is 3. The van der Waals surface area contributed by atoms with Crippen LogP contribution in [0.4, 0.5) is 26.3 Å². The number of carboxylic acid groups (broad SMARTS) is 2. The van der Waals surface area contributed by atoms with Crippen LogP contribution in [0.3, 0.4) is 0 Å². The van der Waals surface area contributed by atoms with Crippen LogP contribution in [-0.2, 0) is 20.9 Å². The summed E-state index contributed by atoms with van der Waals surface area (Å²) in [6.07, 6.45) is -9.14. The molecule has 1 amide bonds. The first-order valence-corrected chi connectivity index (χ1v) is 11.6. The Morgan fingerprint density at radius 3 is 2.08 bits per heavy atom. The fraction of sp³-hybridized carbons (Fsp3) is 0.667. The number of likely N-dealkylation sites (tertiary alicyclic amines) is 2. The number of carbonyl (C=O) groups excluding carboxylic acids is 1. The fourth-order valence-corrected chi connectivity index (χ4v) is 4.60. The minimum atomic E-state index is -5.08. The van der Waals surface area contributed by atoms with Crippen molar-refractivity contribution in [3.8, 4) is 0 Å². The van der Waals surface area contributed by atoms with E-state index in [9.17, 15) is 31.1 Å². The van der Waals surface area contributed by atoms with E-state index in [4.69, 9.17) is 19.8 Å². The maximum atomic E-state index is 13.0. The van der Waals surface area contributed by atoms with Gasteiger partial charge in [0.25, 0.3) is 0 Å². The summed E-state index contributed by atoms with van der Waals surface area (Å²) in [5, 5.41) is 18.6. The van der Waals surface area contributed by atoms with E-state index in [1.807, 2.05) is 0 Å². The zero-order valence-electron chi connectivity index (χ0n) is 19.9. The molecule has 2 aliphatic rings. The van der Waals surface area contributed by atoms with Crippen molar-refractivity contribution in [3.63, 3.8) is 0 Å². The van der Waals surface area contributed by atoms with Crippen molar-refractivity contribution in [1.29, 1.82) is 0 Å². The van der Waals surface area contributed by atoms with E-state index in [1.165, 1.54) is 5.56 Å². The highest BCUT2D eigenvalue weighted by atomic mass is 32.1. The molecule has 2 atom stereocenters. The van der Waals surface area contributed by atoms with Crippen LogP contribution in [0.5, 0.6) is 0 Å². The third kappa shape index (κ3) is 9.24. The van der Waals surface area contributed by atoms with Crippen LogP contribution in [0.1, 0.15) is 18.9 Å². The van der Waals surface area contributed by atoms with Crippen molar-refractivity contribution in [3.05, 3.63) is 22.4 Å². The highest BCUT2D eigenvalue weighted by molar-refractivity contribution is 7.07. The van der Waals surface area contributed by atoms with Crippen molar-refractivity contribution in [2.75, 3.05) is 46.8 Å². The summed E-state index contributed by atoms with van der Waals surface area (Å²) in [5.74, 6) is -4.65. The van der Waals surface area contributed by atoms with Crippen LogP contribution in [0.2, 0.25) is 0 Å². The lowest BCUT2D eigenvalue weighted by Crippen LogP contribution is -2.41. The Morgan fingerprint density at radius 1 is 1.14 bits per heavy atom. The number of alkyl halides is 6. The zero-order valence-corrected chi connectivity index (χ0v) is 20.7. The first-order chi connectivity index (χ1) is 16.4. The molecule has 3 rings (SSSR count). The number of halogens is 6. The molecule has 3 heterocycles. The number of rotatable bonds is 5. The van der Waals surface area contributed by atoms with E-state index >= 15 is 0 Å². The smallest absolute Gasteiger partial charge is 0.475 e. The standard InChI is InChI=1S/C17H27N3OS.2C2HF3O2/c1-14-10-19(11-15-4-9-22-12-15)13-17(14)5-6-20(16(17)21)8-7-18(2)3;2*3-2(4,5)1(6)7/h4,9,12,14H,5-8,10-11,13H2,1-3H3;2*(H,6,7)/t14-,17-;;/m1../s1. The van der Waals surface area contributed by atoms with E-state index < -0.39 is 24.3 Å². The number of carboxylic acids is 2. The molecule has 0 unspecified atom stereocenters. The summed E-state index contributed by atoms with van der Waals surface area (Å²) in [5.41, 5.74) is 1.26. The van der Waals surface area contributed by atoms with E-state index in [0.717, 1.165) is 45.7 Å². The van der Waals surface area contributed by atoms with E-state index in [-0.39, 0.29) is 5.41 Å². The van der Waals surface area contributed by atoms with Gasteiger partial charge < -0.3 is 20.0 Å². The molecule has 2 fully saturated rings. The van der Waals surface area contributed by atoms with Gasteiger partial charge in [0.2, 0.25) is 5.91 Å². The average Bonchev–Trinajstić information content (AvgIpc) is 3.42. The summed E-state index contributed by atoms with van der Waals surface area (Å²) in [6.45, 7) is 7.98. The molecular weight excluding hydrogens is 520 g/mol. The summed E-state index contributed by atoms with van der Waals surface area (Å²) in [6, 6.07) is 2.19. The third-order valence-corrected chi connectivity index (χ3v) is 6.54. The SMILES string of the molecule is C[C@@H]1CN(Cc2ccsc2)C[C@]12CCN(CCN(C)C)C2=O.O=C(O)C(F)(F)F.O=C(O)C(F)(F)F. The van der Waals surface area contributed by atoms with Crippen LogP contribution in [-0.4, -0.2) is 102 Å². The molecule has 0 saturated carbocycles. The first-order valence-electron chi connectivity index (χ1n) is 10.7. The highest BCUT2D eigenvalue weighted by Gasteiger charge is 2.54. The first kappa shape index (κ1) is 31.6. The molecule has 1 aromatic heterocycles. The van der Waals surface area contributed by atoms with Gasteiger partial charge in [-0.15, -0.1) is 0 Å². The number of likely N-dealkylation sites (N-methyl/N-ethyl adjacent to an activating group) is 1. The second kappa shape index (κ2) is 12.7. The second-order valence-electron chi connectivity index (χ2n) is 8.81. The minimum Gasteiger partial charge on any atom is -0.475 e. The maximum Gasteiger partial charge on any atom is 0.490 e. The van der Waals surface area contributed by atoms with Crippen molar-refractivity contribution < 1.29 is 50.9 Å². The van der Waals surface area contributed by atoms with Gasteiger partial charge in [-0.3, -0.25) is 9.69 Å². The Labute approximate surface area is 208 Å². The van der Waals surface area contributed by atoms with Crippen molar-refractivity contribution in [1.82, 2.24) is 14.7 Å². The molecule has 8 nitrogen and oxygen atoms in total. The van der Waals surface area contributed by atoms with Gasteiger partial charge in [0.15, 0.2) is 0 Å². The molecule has 2 saturated heterocycles. The second-order valence-corrected chi connectivity index (χ2v) is 9.59. The van der Waals surface area contributed by atoms with Gasteiger partial charge in [0, 0.05) is 39.3 Å². The van der Waals surface area contributed by atoms with E-state index in [2.05, 4.69) is 52.5 Å². The van der Waals surface area contributed by atoms with E-state index in [0.29, 0.717) is 11.8 Å². The van der Waals surface area contributed by atoms with Gasteiger partial charge in [-0.25, -0.2) is 9.59 Å². The predicted molar refractivity (Wildman–Crippen MR) is 118 cm³/mol. The zero-order chi connectivity index (χ0) is 27.9. The quantitative estimate of drug-likeness (QED) is 0.544. The molecular formula is C21H29F6N3O5S. The molecule has 1 aromatic rings. The Morgan fingerprint density at radius 2 is 1.67 bits per heavy atom. The van der Waals surface area contributed by atoms with Crippen molar-refractivity contribution >= 4 is 29.2 Å². The molecule has 0 aliphatic carbocycles. The number of aliphatic carboxylic acids is 2. The molecule has 2 aliphatic heterocycles. The van der Waals surface area contributed by atoms with Gasteiger partial charge in [-0.2, -0.15) is 37.7 Å².